The van der Waals surface area contributed by atoms with Crippen molar-refractivity contribution in [2.45, 2.75) is 89.6 Å². The molecule has 1 amide bonds. The van der Waals surface area contributed by atoms with Gasteiger partial charge in [-0.3, -0.25) is 4.90 Å². The molecule has 1 spiro atoms. The van der Waals surface area contributed by atoms with Crippen LogP contribution in [-0.4, -0.2) is 71.6 Å². The Kier molecular flexibility index (Phi) is 5.85. The largest absolute Gasteiger partial charge is 0.444 e. The lowest BCUT2D eigenvalue weighted by atomic mass is 9.70. The van der Waals surface area contributed by atoms with Crippen molar-refractivity contribution in [2.75, 3.05) is 26.7 Å². The maximum Gasteiger partial charge on any atom is 0.410 e. The van der Waals surface area contributed by atoms with Gasteiger partial charge in [0.2, 0.25) is 0 Å². The molecule has 150 valence electrons. The molecule has 2 N–H and O–H groups in total. The zero-order valence-corrected chi connectivity index (χ0v) is 17.0. The second-order valence-electron chi connectivity index (χ2n) is 9.50. The molecule has 3 unspecified atom stereocenters. The summed E-state index contributed by atoms with van der Waals surface area (Å²) >= 11 is 0. The number of amides is 1. The van der Waals surface area contributed by atoms with Gasteiger partial charge in [-0.15, -0.1) is 0 Å². The fourth-order valence-electron chi connectivity index (χ4n) is 5.15. The summed E-state index contributed by atoms with van der Waals surface area (Å²) in [7, 11) is 2.04. The van der Waals surface area contributed by atoms with Crippen molar-refractivity contribution in [2.24, 2.45) is 5.41 Å². The first-order valence-electron chi connectivity index (χ1n) is 10.3. The molecule has 0 aromatic rings. The highest BCUT2D eigenvalue weighted by atomic mass is 16.6. The van der Waals surface area contributed by atoms with E-state index >= 15 is 0 Å². The van der Waals surface area contributed by atoms with Gasteiger partial charge in [-0.05, 0) is 66.3 Å². The first kappa shape index (κ1) is 19.9. The quantitative estimate of drug-likeness (QED) is 0.785. The molecule has 6 nitrogen and oxygen atoms in total. The number of ether oxygens (including phenoxy) is 1. The lowest BCUT2D eigenvalue weighted by molar-refractivity contribution is -0.0850. The number of nitrogens with zero attached hydrogens (tertiary/aromatic N) is 2. The van der Waals surface area contributed by atoms with Crippen molar-refractivity contribution in [3.05, 3.63) is 0 Å². The Morgan fingerprint density at radius 1 is 1.15 bits per heavy atom. The number of likely N-dealkylation sites (tertiary alicyclic amines) is 2. The topological polar surface area (TPSA) is 65.0 Å². The molecule has 0 radical (unpaired) electrons. The van der Waals surface area contributed by atoms with Gasteiger partial charge in [-0.2, -0.15) is 0 Å². The Morgan fingerprint density at radius 3 is 2.46 bits per heavy atom. The van der Waals surface area contributed by atoms with Gasteiger partial charge < -0.3 is 20.1 Å². The van der Waals surface area contributed by atoms with Gasteiger partial charge in [-0.25, -0.2) is 4.79 Å². The Hall–Kier alpha value is -0.850. The van der Waals surface area contributed by atoms with Crippen LogP contribution in [0, 0.1) is 5.41 Å². The van der Waals surface area contributed by atoms with Crippen LogP contribution in [0.5, 0.6) is 0 Å². The molecule has 0 aromatic carbocycles. The van der Waals surface area contributed by atoms with Crippen LogP contribution in [0.4, 0.5) is 4.79 Å². The highest BCUT2D eigenvalue weighted by Crippen LogP contribution is 2.48. The average molecular weight is 368 g/mol. The van der Waals surface area contributed by atoms with Gasteiger partial charge in [0.25, 0.3) is 0 Å². The summed E-state index contributed by atoms with van der Waals surface area (Å²) in [5, 5.41) is 14.6. The minimum atomic E-state index is -0.448. The molecule has 2 saturated heterocycles. The van der Waals surface area contributed by atoms with E-state index in [0.29, 0.717) is 12.1 Å². The number of piperidine rings is 1. The standard InChI is InChI=1S/C20H37N3O3/c1-19(2,3)26-18(25)22-11-7-16(8-12-22)23-13-10-20(17(23)24)9-5-6-15(14-20)21-4/h15-17,21,24H,5-14H2,1-4H3. The van der Waals surface area contributed by atoms with Crippen molar-refractivity contribution in [1.29, 1.82) is 0 Å². The third kappa shape index (κ3) is 4.18. The third-order valence-corrected chi connectivity index (χ3v) is 6.60. The maximum atomic E-state index is 12.3. The minimum Gasteiger partial charge on any atom is -0.444 e. The van der Waals surface area contributed by atoms with Crippen LogP contribution in [0.25, 0.3) is 0 Å². The molecule has 6 heteroatoms. The molecule has 1 saturated carbocycles. The van der Waals surface area contributed by atoms with Gasteiger partial charge in [0.1, 0.15) is 11.8 Å². The minimum absolute atomic E-state index is 0.0637. The average Bonchev–Trinajstić information content (AvgIpc) is 2.90. The smallest absolute Gasteiger partial charge is 0.410 e. The molecule has 1 aliphatic carbocycles. The van der Waals surface area contributed by atoms with Crippen molar-refractivity contribution in [3.63, 3.8) is 0 Å². The molecule has 2 heterocycles. The fourth-order valence-corrected chi connectivity index (χ4v) is 5.15. The lowest BCUT2D eigenvalue weighted by Crippen LogP contribution is -2.52. The zero-order chi connectivity index (χ0) is 18.9. The summed E-state index contributed by atoms with van der Waals surface area (Å²) in [6.45, 7) is 8.12. The second-order valence-corrected chi connectivity index (χ2v) is 9.50. The van der Waals surface area contributed by atoms with Crippen LogP contribution in [0.15, 0.2) is 0 Å². The van der Waals surface area contributed by atoms with E-state index in [-0.39, 0.29) is 17.7 Å². The van der Waals surface area contributed by atoms with Crippen LogP contribution in [0.3, 0.4) is 0 Å². The Morgan fingerprint density at radius 2 is 1.85 bits per heavy atom. The Bertz CT molecular complexity index is 499. The van der Waals surface area contributed by atoms with Crippen LogP contribution in [0.2, 0.25) is 0 Å². The summed E-state index contributed by atoms with van der Waals surface area (Å²) < 4.78 is 5.49. The molecule has 0 aromatic heterocycles. The zero-order valence-electron chi connectivity index (χ0n) is 17.0. The fraction of sp³-hybridized carbons (Fsp3) is 0.950. The Labute approximate surface area is 158 Å². The number of aliphatic hydroxyl groups excluding tert-OH is 1. The van der Waals surface area contributed by atoms with Crippen LogP contribution in [0.1, 0.15) is 65.7 Å². The summed E-state index contributed by atoms with van der Waals surface area (Å²) in [5.41, 5.74) is -0.384. The summed E-state index contributed by atoms with van der Waals surface area (Å²) in [6, 6.07) is 0.908. The first-order valence-corrected chi connectivity index (χ1v) is 10.3. The van der Waals surface area contributed by atoms with Crippen LogP contribution < -0.4 is 5.32 Å². The summed E-state index contributed by atoms with van der Waals surface area (Å²) in [6.07, 6.45) is 7.03. The number of nitrogens with one attached hydrogen (secondary N) is 1. The number of carbonyl (C=O) groups excluding carboxylic acids is 1. The van der Waals surface area contributed by atoms with Gasteiger partial charge in [0, 0.05) is 37.1 Å². The number of rotatable bonds is 2. The van der Waals surface area contributed by atoms with E-state index < -0.39 is 5.60 Å². The molecular weight excluding hydrogens is 330 g/mol. The molecule has 2 aliphatic heterocycles. The van der Waals surface area contributed by atoms with Gasteiger partial charge in [0.05, 0.1) is 0 Å². The monoisotopic (exact) mass is 367 g/mol. The van der Waals surface area contributed by atoms with E-state index in [1.165, 1.54) is 12.8 Å². The lowest BCUT2D eigenvalue weighted by Gasteiger charge is -2.44. The highest BCUT2D eigenvalue weighted by molar-refractivity contribution is 5.68. The maximum absolute atomic E-state index is 12.3. The molecule has 3 fully saturated rings. The predicted octanol–water partition coefficient (Wildman–Crippen LogP) is 2.56. The van der Waals surface area contributed by atoms with Crippen molar-refractivity contribution >= 4 is 6.09 Å². The second kappa shape index (κ2) is 7.64. The number of hydrogen-bond donors (Lipinski definition) is 2. The SMILES string of the molecule is CNC1CCCC2(CCN(C3CCN(C(=O)OC(C)(C)C)CC3)C2O)C1. The van der Waals surface area contributed by atoms with Gasteiger partial charge >= 0.3 is 6.09 Å². The van der Waals surface area contributed by atoms with Crippen molar-refractivity contribution in [3.8, 4) is 0 Å². The normalized spacial score (nSPS) is 34.4. The molecule has 26 heavy (non-hydrogen) atoms. The molecule has 3 rings (SSSR count). The molecule has 3 aliphatic rings. The summed E-state index contributed by atoms with van der Waals surface area (Å²) in [5.74, 6) is 0. The van der Waals surface area contributed by atoms with E-state index in [0.717, 1.165) is 51.7 Å². The Balaban J connectivity index is 1.55. The molecule has 3 atom stereocenters. The van der Waals surface area contributed by atoms with Crippen LogP contribution >= 0.6 is 0 Å². The molecular formula is C20H37N3O3. The van der Waals surface area contributed by atoms with E-state index in [1.807, 2.05) is 32.7 Å². The van der Waals surface area contributed by atoms with Gasteiger partial charge in [-0.1, -0.05) is 6.42 Å². The first-order chi connectivity index (χ1) is 12.2. The van der Waals surface area contributed by atoms with E-state index in [2.05, 4.69) is 10.2 Å². The molecule has 0 bridgehead atoms. The van der Waals surface area contributed by atoms with Crippen molar-refractivity contribution < 1.29 is 14.6 Å². The van der Waals surface area contributed by atoms with Crippen molar-refractivity contribution in [1.82, 2.24) is 15.1 Å². The van der Waals surface area contributed by atoms with E-state index in [4.69, 9.17) is 4.74 Å². The highest BCUT2D eigenvalue weighted by Gasteiger charge is 2.50. The summed E-state index contributed by atoms with van der Waals surface area (Å²) in [4.78, 5) is 16.4. The predicted molar refractivity (Wildman–Crippen MR) is 102 cm³/mol. The number of hydrogen-bond acceptors (Lipinski definition) is 5. The third-order valence-electron chi connectivity index (χ3n) is 6.60. The number of carbonyl (C=O) groups is 1. The van der Waals surface area contributed by atoms with E-state index in [9.17, 15) is 9.90 Å². The number of aliphatic hydroxyl groups is 1. The van der Waals surface area contributed by atoms with Crippen LogP contribution in [-0.2, 0) is 4.74 Å². The van der Waals surface area contributed by atoms with Gasteiger partial charge in [0.15, 0.2) is 0 Å². The van der Waals surface area contributed by atoms with E-state index in [1.54, 1.807) is 0 Å².